The number of pyridine rings is 1. The van der Waals surface area contributed by atoms with Crippen LogP contribution in [-0.4, -0.2) is 25.9 Å². The van der Waals surface area contributed by atoms with Gasteiger partial charge in [0.05, 0.1) is 6.20 Å². The van der Waals surface area contributed by atoms with Gasteiger partial charge in [0.25, 0.3) is 0 Å². The van der Waals surface area contributed by atoms with Gasteiger partial charge in [0, 0.05) is 12.6 Å². The first-order valence-electron chi connectivity index (χ1n) is 6.49. The Balaban J connectivity index is 1.79. The average Bonchev–Trinajstić information content (AvgIpc) is 2.90. The van der Waals surface area contributed by atoms with Crippen LogP contribution in [0.4, 0.5) is 0 Å². The molecule has 5 nitrogen and oxygen atoms in total. The highest BCUT2D eigenvalue weighted by Crippen LogP contribution is 2.12. The first kappa shape index (κ1) is 12.5. The molecule has 3 rings (SSSR count). The van der Waals surface area contributed by atoms with Crippen LogP contribution in [0.2, 0.25) is 0 Å². The molecule has 2 aromatic heterocycles. The van der Waals surface area contributed by atoms with Crippen LogP contribution >= 0.6 is 0 Å². The van der Waals surface area contributed by atoms with Crippen LogP contribution in [0.5, 0.6) is 0 Å². The Morgan fingerprint density at radius 3 is 2.95 bits per heavy atom. The highest BCUT2D eigenvalue weighted by molar-refractivity contribution is 5.88. The molecule has 0 bridgehead atoms. The minimum Gasteiger partial charge on any atom is -0.272 e. The Bertz CT molecular complexity index is 763. The number of fused-ring (bicyclic) bond motifs is 1. The topological polar surface area (TPSA) is 60.7 Å². The lowest BCUT2D eigenvalue weighted by Crippen LogP contribution is -2.13. The third-order valence-corrected chi connectivity index (χ3v) is 3.35. The molecular formula is C15H14N4O. The lowest BCUT2D eigenvalue weighted by Gasteiger charge is -2.05. The molecule has 0 spiro atoms. The number of rotatable bonds is 3. The van der Waals surface area contributed by atoms with Crippen LogP contribution in [0.1, 0.15) is 22.3 Å². The molecule has 0 saturated heterocycles. The van der Waals surface area contributed by atoms with Crippen molar-refractivity contribution in [2.75, 3.05) is 0 Å². The molecule has 100 valence electrons. The molecule has 0 amide bonds. The summed E-state index contributed by atoms with van der Waals surface area (Å²) in [4.78, 5) is 16.2. The largest absolute Gasteiger partial charge is 0.272 e. The molecule has 0 saturated carbocycles. The Morgan fingerprint density at radius 2 is 2.10 bits per heavy atom. The van der Waals surface area contributed by atoms with Gasteiger partial charge in [-0.15, -0.1) is 5.10 Å². The van der Waals surface area contributed by atoms with E-state index in [2.05, 4.69) is 28.3 Å². The van der Waals surface area contributed by atoms with Gasteiger partial charge in [-0.1, -0.05) is 29.5 Å². The molecule has 0 radical (unpaired) electrons. The second-order valence-electron chi connectivity index (χ2n) is 4.69. The number of nitrogens with zero attached hydrogens (tertiary/aromatic N) is 4. The van der Waals surface area contributed by atoms with Gasteiger partial charge in [0.1, 0.15) is 11.0 Å². The molecule has 0 atom stereocenters. The third kappa shape index (κ3) is 2.30. The van der Waals surface area contributed by atoms with Gasteiger partial charge in [0.15, 0.2) is 0 Å². The Kier molecular flexibility index (Phi) is 3.25. The van der Waals surface area contributed by atoms with Crippen LogP contribution in [0, 0.1) is 6.92 Å². The van der Waals surface area contributed by atoms with E-state index in [0.29, 0.717) is 23.9 Å². The summed E-state index contributed by atoms with van der Waals surface area (Å²) in [5.41, 5.74) is 3.73. The van der Waals surface area contributed by atoms with Crippen molar-refractivity contribution < 1.29 is 4.79 Å². The maximum absolute atomic E-state index is 12.2. The molecule has 1 aromatic carbocycles. The molecule has 0 aliphatic carbocycles. The van der Waals surface area contributed by atoms with E-state index in [9.17, 15) is 4.79 Å². The van der Waals surface area contributed by atoms with Crippen molar-refractivity contribution >= 4 is 16.9 Å². The molecule has 2 heterocycles. The van der Waals surface area contributed by atoms with Crippen LogP contribution in [0.15, 0.2) is 42.7 Å². The van der Waals surface area contributed by atoms with Gasteiger partial charge in [-0.25, -0.2) is 0 Å². The van der Waals surface area contributed by atoms with E-state index in [0.717, 1.165) is 0 Å². The summed E-state index contributed by atoms with van der Waals surface area (Å²) in [5, 5.41) is 7.85. The van der Waals surface area contributed by atoms with Crippen LogP contribution in [0.3, 0.4) is 0 Å². The molecule has 0 aliphatic heterocycles. The number of hydrogen-bond acceptors (Lipinski definition) is 4. The number of aryl methyl sites for hydroxylation is 2. The summed E-state index contributed by atoms with van der Waals surface area (Å²) in [6.07, 6.45) is 4.36. The molecule has 5 heteroatoms. The van der Waals surface area contributed by atoms with Crippen molar-refractivity contribution in [2.45, 2.75) is 19.8 Å². The Morgan fingerprint density at radius 1 is 1.25 bits per heavy atom. The maximum atomic E-state index is 12.2. The van der Waals surface area contributed by atoms with Crippen molar-refractivity contribution in [3.63, 3.8) is 0 Å². The standard InChI is InChI=1S/C15H14N4O/c1-11-4-2-3-5-12(11)6-7-15(20)19-14-8-9-16-10-13(14)17-18-19/h2-5,8-10H,6-7H2,1H3. The summed E-state index contributed by atoms with van der Waals surface area (Å²) in [6.45, 7) is 2.05. The van der Waals surface area contributed by atoms with Crippen LogP contribution in [-0.2, 0) is 6.42 Å². The van der Waals surface area contributed by atoms with Gasteiger partial charge in [-0.2, -0.15) is 4.68 Å². The molecule has 20 heavy (non-hydrogen) atoms. The highest BCUT2D eigenvalue weighted by Gasteiger charge is 2.12. The second kappa shape index (κ2) is 5.21. The zero-order valence-corrected chi connectivity index (χ0v) is 11.2. The average molecular weight is 266 g/mol. The fraction of sp³-hybridized carbons (Fsp3) is 0.200. The fourth-order valence-corrected chi connectivity index (χ4v) is 2.20. The zero-order chi connectivity index (χ0) is 13.9. The molecule has 0 N–H and O–H groups in total. The van der Waals surface area contributed by atoms with E-state index >= 15 is 0 Å². The number of hydrogen-bond donors (Lipinski definition) is 0. The lowest BCUT2D eigenvalue weighted by molar-refractivity contribution is 0.0890. The smallest absolute Gasteiger partial charge is 0.249 e. The summed E-state index contributed by atoms with van der Waals surface area (Å²) >= 11 is 0. The summed E-state index contributed by atoms with van der Waals surface area (Å²) in [5.74, 6) is -0.0537. The van der Waals surface area contributed by atoms with E-state index in [1.165, 1.54) is 15.8 Å². The molecule has 3 aromatic rings. The number of carbonyl (C=O) groups is 1. The molecule has 0 aliphatic rings. The van der Waals surface area contributed by atoms with Gasteiger partial charge in [-0.05, 0) is 30.5 Å². The fourth-order valence-electron chi connectivity index (χ4n) is 2.20. The van der Waals surface area contributed by atoms with E-state index in [1.807, 2.05) is 18.2 Å². The normalized spacial score (nSPS) is 10.8. The lowest BCUT2D eigenvalue weighted by atomic mass is 10.0. The van der Waals surface area contributed by atoms with Crippen molar-refractivity contribution in [3.8, 4) is 0 Å². The Labute approximate surface area is 116 Å². The summed E-state index contributed by atoms with van der Waals surface area (Å²) < 4.78 is 1.36. The van der Waals surface area contributed by atoms with Crippen molar-refractivity contribution in [1.29, 1.82) is 0 Å². The van der Waals surface area contributed by atoms with E-state index in [1.54, 1.807) is 18.5 Å². The summed E-state index contributed by atoms with van der Waals surface area (Å²) in [6, 6.07) is 9.84. The van der Waals surface area contributed by atoms with Gasteiger partial charge < -0.3 is 0 Å². The second-order valence-corrected chi connectivity index (χ2v) is 4.69. The van der Waals surface area contributed by atoms with Crippen LogP contribution < -0.4 is 0 Å². The Hall–Kier alpha value is -2.56. The van der Waals surface area contributed by atoms with Crippen molar-refractivity contribution in [1.82, 2.24) is 20.0 Å². The minimum atomic E-state index is -0.0537. The number of benzene rings is 1. The number of aromatic nitrogens is 4. The van der Waals surface area contributed by atoms with Crippen molar-refractivity contribution in [3.05, 3.63) is 53.9 Å². The van der Waals surface area contributed by atoms with E-state index in [4.69, 9.17) is 0 Å². The van der Waals surface area contributed by atoms with E-state index in [-0.39, 0.29) is 5.91 Å². The third-order valence-electron chi connectivity index (χ3n) is 3.35. The van der Waals surface area contributed by atoms with Crippen LogP contribution in [0.25, 0.3) is 11.0 Å². The molecule has 0 fully saturated rings. The number of carbonyl (C=O) groups excluding carboxylic acids is 1. The highest BCUT2D eigenvalue weighted by atomic mass is 16.2. The predicted octanol–water partition coefficient (Wildman–Crippen LogP) is 2.41. The summed E-state index contributed by atoms with van der Waals surface area (Å²) in [7, 11) is 0. The van der Waals surface area contributed by atoms with Gasteiger partial charge >= 0.3 is 0 Å². The minimum absolute atomic E-state index is 0.0537. The monoisotopic (exact) mass is 266 g/mol. The van der Waals surface area contributed by atoms with Gasteiger partial charge in [0.2, 0.25) is 5.91 Å². The molecule has 0 unspecified atom stereocenters. The SMILES string of the molecule is Cc1ccccc1CCC(=O)n1nnc2cnccc21. The predicted molar refractivity (Wildman–Crippen MR) is 75.4 cm³/mol. The zero-order valence-electron chi connectivity index (χ0n) is 11.2. The first-order valence-corrected chi connectivity index (χ1v) is 6.49. The van der Waals surface area contributed by atoms with Crippen molar-refractivity contribution in [2.24, 2.45) is 0 Å². The first-order chi connectivity index (χ1) is 9.75. The van der Waals surface area contributed by atoms with E-state index < -0.39 is 0 Å². The maximum Gasteiger partial charge on any atom is 0.249 e. The van der Waals surface area contributed by atoms with Gasteiger partial charge in [-0.3, -0.25) is 9.78 Å². The quantitative estimate of drug-likeness (QED) is 0.730. The molecular weight excluding hydrogens is 252 g/mol.